The van der Waals surface area contributed by atoms with Gasteiger partial charge in [-0.2, -0.15) is 5.10 Å². The van der Waals surface area contributed by atoms with Gasteiger partial charge in [0, 0.05) is 11.6 Å². The van der Waals surface area contributed by atoms with Gasteiger partial charge >= 0.3 is 0 Å². The highest BCUT2D eigenvalue weighted by Crippen LogP contribution is 2.37. The lowest BCUT2D eigenvalue weighted by Gasteiger charge is -2.09. The number of benzene rings is 1. The molecule has 0 atom stereocenters. The summed E-state index contributed by atoms with van der Waals surface area (Å²) in [6, 6.07) is 5.71. The van der Waals surface area contributed by atoms with Crippen LogP contribution in [-0.4, -0.2) is 23.8 Å². The summed E-state index contributed by atoms with van der Waals surface area (Å²) in [7, 11) is 3.27. The molecule has 104 valence electrons. The molecule has 0 aliphatic rings. The number of aromatic nitrogens is 2. The number of hydrogen-bond acceptors (Lipinski definition) is 4. The van der Waals surface area contributed by atoms with Gasteiger partial charge in [0.15, 0.2) is 0 Å². The number of fused-ring (bicyclic) bond motifs is 1. The SMILES string of the molecule is COc1ccc(-c2c(C)nn3c(C)coc23)c(OC)c1. The summed E-state index contributed by atoms with van der Waals surface area (Å²) >= 11 is 0. The van der Waals surface area contributed by atoms with E-state index in [4.69, 9.17) is 13.9 Å². The molecule has 5 heteroatoms. The van der Waals surface area contributed by atoms with E-state index in [1.54, 1.807) is 25.0 Å². The minimum Gasteiger partial charge on any atom is -0.497 e. The summed E-state index contributed by atoms with van der Waals surface area (Å²) in [5.41, 5.74) is 4.47. The van der Waals surface area contributed by atoms with Crippen molar-refractivity contribution in [3.05, 3.63) is 35.9 Å². The minimum atomic E-state index is 0.725. The van der Waals surface area contributed by atoms with Gasteiger partial charge in [-0.05, 0) is 26.0 Å². The lowest BCUT2D eigenvalue weighted by Crippen LogP contribution is -1.91. The summed E-state index contributed by atoms with van der Waals surface area (Å²) in [6.45, 7) is 3.92. The fourth-order valence-corrected chi connectivity index (χ4v) is 2.36. The van der Waals surface area contributed by atoms with E-state index in [-0.39, 0.29) is 0 Å². The van der Waals surface area contributed by atoms with Crippen molar-refractivity contribution in [1.29, 1.82) is 0 Å². The Hall–Kier alpha value is -2.43. The Kier molecular flexibility index (Phi) is 2.89. The molecule has 0 unspecified atom stereocenters. The third kappa shape index (κ3) is 1.74. The van der Waals surface area contributed by atoms with Crippen molar-refractivity contribution in [2.24, 2.45) is 0 Å². The predicted molar refractivity (Wildman–Crippen MR) is 75.5 cm³/mol. The summed E-state index contributed by atoms with van der Waals surface area (Å²) < 4.78 is 18.1. The van der Waals surface area contributed by atoms with Crippen LogP contribution in [0.4, 0.5) is 0 Å². The molecule has 2 aromatic heterocycles. The topological polar surface area (TPSA) is 48.9 Å². The first-order chi connectivity index (χ1) is 9.65. The number of oxazole rings is 1. The van der Waals surface area contributed by atoms with Crippen LogP contribution < -0.4 is 9.47 Å². The quantitative estimate of drug-likeness (QED) is 0.734. The average Bonchev–Trinajstić information content (AvgIpc) is 2.97. The van der Waals surface area contributed by atoms with Crippen molar-refractivity contribution in [2.75, 3.05) is 14.2 Å². The number of nitrogens with zero attached hydrogens (tertiary/aromatic N) is 2. The molecule has 5 nitrogen and oxygen atoms in total. The third-order valence-electron chi connectivity index (χ3n) is 3.37. The molecule has 0 radical (unpaired) electrons. The van der Waals surface area contributed by atoms with E-state index in [1.807, 2.05) is 32.0 Å². The fourth-order valence-electron chi connectivity index (χ4n) is 2.36. The smallest absolute Gasteiger partial charge is 0.229 e. The maximum atomic E-state index is 5.62. The first kappa shape index (κ1) is 12.6. The van der Waals surface area contributed by atoms with Gasteiger partial charge in [-0.15, -0.1) is 0 Å². The highest BCUT2D eigenvalue weighted by molar-refractivity contribution is 5.83. The molecule has 0 amide bonds. The summed E-state index contributed by atoms with van der Waals surface area (Å²) in [6.07, 6.45) is 1.70. The molecule has 3 rings (SSSR count). The first-order valence-corrected chi connectivity index (χ1v) is 6.31. The van der Waals surface area contributed by atoms with Gasteiger partial charge < -0.3 is 13.9 Å². The zero-order valence-electron chi connectivity index (χ0n) is 11.9. The summed E-state index contributed by atoms with van der Waals surface area (Å²) in [4.78, 5) is 0. The van der Waals surface area contributed by atoms with Gasteiger partial charge in [0.2, 0.25) is 5.71 Å². The van der Waals surface area contributed by atoms with E-state index in [0.717, 1.165) is 39.7 Å². The maximum Gasteiger partial charge on any atom is 0.229 e. The van der Waals surface area contributed by atoms with E-state index < -0.39 is 0 Å². The highest BCUT2D eigenvalue weighted by atomic mass is 16.5. The molecule has 20 heavy (non-hydrogen) atoms. The molecule has 0 aliphatic heterocycles. The van der Waals surface area contributed by atoms with Crippen LogP contribution in [0.2, 0.25) is 0 Å². The Balaban J connectivity index is 2.27. The second kappa shape index (κ2) is 4.59. The average molecular weight is 272 g/mol. The molecule has 1 aromatic carbocycles. The second-order valence-corrected chi connectivity index (χ2v) is 4.62. The van der Waals surface area contributed by atoms with Gasteiger partial charge in [0.1, 0.15) is 17.8 Å². The monoisotopic (exact) mass is 272 g/mol. The van der Waals surface area contributed by atoms with E-state index in [2.05, 4.69) is 5.10 Å². The van der Waals surface area contributed by atoms with Crippen LogP contribution in [-0.2, 0) is 0 Å². The second-order valence-electron chi connectivity index (χ2n) is 4.62. The van der Waals surface area contributed by atoms with Crippen molar-refractivity contribution in [3.63, 3.8) is 0 Å². The summed E-state index contributed by atoms with van der Waals surface area (Å²) in [5, 5.41) is 4.50. The molecule has 0 N–H and O–H groups in total. The fraction of sp³-hybridized carbons (Fsp3) is 0.267. The van der Waals surface area contributed by atoms with Crippen molar-refractivity contribution < 1.29 is 13.9 Å². The number of aryl methyl sites for hydroxylation is 2. The summed E-state index contributed by atoms with van der Waals surface area (Å²) in [5.74, 6) is 1.48. The maximum absolute atomic E-state index is 5.62. The lowest BCUT2D eigenvalue weighted by molar-refractivity contribution is 0.395. The van der Waals surface area contributed by atoms with Crippen molar-refractivity contribution in [2.45, 2.75) is 13.8 Å². The van der Waals surface area contributed by atoms with Crippen molar-refractivity contribution in [3.8, 4) is 22.6 Å². The number of hydrogen-bond donors (Lipinski definition) is 0. The van der Waals surface area contributed by atoms with E-state index in [1.165, 1.54) is 0 Å². The molecule has 2 heterocycles. The van der Waals surface area contributed by atoms with Crippen molar-refractivity contribution in [1.82, 2.24) is 9.61 Å². The Labute approximate surface area is 116 Å². The van der Waals surface area contributed by atoms with Crippen LogP contribution >= 0.6 is 0 Å². The number of ether oxygens (including phenoxy) is 2. The highest BCUT2D eigenvalue weighted by Gasteiger charge is 2.19. The van der Waals surface area contributed by atoms with Gasteiger partial charge in [-0.1, -0.05) is 0 Å². The molecule has 0 spiro atoms. The molecular weight excluding hydrogens is 256 g/mol. The van der Waals surface area contributed by atoms with E-state index in [0.29, 0.717) is 0 Å². The van der Waals surface area contributed by atoms with E-state index >= 15 is 0 Å². The van der Waals surface area contributed by atoms with Crippen LogP contribution in [0.3, 0.4) is 0 Å². The molecule has 0 aliphatic carbocycles. The Morgan fingerprint density at radius 2 is 1.95 bits per heavy atom. The van der Waals surface area contributed by atoms with E-state index in [9.17, 15) is 0 Å². The standard InChI is InChI=1S/C15H16N2O3/c1-9-8-20-15-14(10(2)16-17(9)15)12-6-5-11(18-3)7-13(12)19-4/h5-8H,1-4H3. The molecule has 0 saturated carbocycles. The van der Waals surface area contributed by atoms with Crippen LogP contribution in [0.5, 0.6) is 11.5 Å². The predicted octanol–water partition coefficient (Wildman–Crippen LogP) is 3.23. The Bertz CT molecular complexity index is 771. The first-order valence-electron chi connectivity index (χ1n) is 6.31. The van der Waals surface area contributed by atoms with Crippen molar-refractivity contribution >= 4 is 5.71 Å². The number of rotatable bonds is 3. The third-order valence-corrected chi connectivity index (χ3v) is 3.37. The van der Waals surface area contributed by atoms with Gasteiger partial charge in [0.25, 0.3) is 0 Å². The zero-order valence-corrected chi connectivity index (χ0v) is 11.9. The van der Waals surface area contributed by atoms with Crippen LogP contribution in [0.15, 0.2) is 28.9 Å². The molecule has 3 aromatic rings. The van der Waals surface area contributed by atoms with Gasteiger partial charge in [0.05, 0.1) is 31.2 Å². The van der Waals surface area contributed by atoms with Crippen LogP contribution in [0, 0.1) is 13.8 Å². The zero-order chi connectivity index (χ0) is 14.3. The van der Waals surface area contributed by atoms with Crippen LogP contribution in [0.1, 0.15) is 11.4 Å². The Morgan fingerprint density at radius 3 is 2.65 bits per heavy atom. The normalized spacial score (nSPS) is 11.0. The van der Waals surface area contributed by atoms with Crippen LogP contribution in [0.25, 0.3) is 16.8 Å². The minimum absolute atomic E-state index is 0.725. The molecule has 0 saturated heterocycles. The number of methoxy groups -OCH3 is 2. The Morgan fingerprint density at radius 1 is 1.15 bits per heavy atom. The molecule has 0 bridgehead atoms. The van der Waals surface area contributed by atoms with Gasteiger partial charge in [-0.25, -0.2) is 4.52 Å². The molecular formula is C15H16N2O3. The molecule has 0 fully saturated rings. The largest absolute Gasteiger partial charge is 0.497 e. The lowest BCUT2D eigenvalue weighted by atomic mass is 10.1. The van der Waals surface area contributed by atoms with Gasteiger partial charge in [-0.3, -0.25) is 0 Å².